The van der Waals surface area contributed by atoms with Crippen LogP contribution < -0.4 is 0 Å². The highest BCUT2D eigenvalue weighted by molar-refractivity contribution is 7.89. The fourth-order valence-corrected chi connectivity index (χ4v) is 3.81. The second-order valence-electron chi connectivity index (χ2n) is 4.95. The van der Waals surface area contributed by atoms with Crippen molar-refractivity contribution < 1.29 is 27.4 Å². The van der Waals surface area contributed by atoms with Gasteiger partial charge in [0.2, 0.25) is 10.0 Å². The minimum absolute atomic E-state index is 0.0187. The monoisotopic (exact) mass is 317 g/mol. The van der Waals surface area contributed by atoms with Gasteiger partial charge in [0.1, 0.15) is 5.82 Å². The van der Waals surface area contributed by atoms with Gasteiger partial charge in [-0.1, -0.05) is 0 Å². The van der Waals surface area contributed by atoms with Gasteiger partial charge >= 0.3 is 5.97 Å². The lowest BCUT2D eigenvalue weighted by Crippen LogP contribution is -2.44. The summed E-state index contributed by atoms with van der Waals surface area (Å²) in [4.78, 5) is 10.8. The van der Waals surface area contributed by atoms with Crippen molar-refractivity contribution in [2.24, 2.45) is 0 Å². The summed E-state index contributed by atoms with van der Waals surface area (Å²) in [5, 5.41) is 8.96. The Balaban J connectivity index is 2.47. The predicted octanol–water partition coefficient (Wildman–Crippen LogP) is 1.24. The van der Waals surface area contributed by atoms with E-state index in [1.165, 1.54) is 11.2 Å². The van der Waals surface area contributed by atoms with Gasteiger partial charge in [-0.3, -0.25) is 0 Å². The van der Waals surface area contributed by atoms with E-state index in [4.69, 9.17) is 9.84 Å². The van der Waals surface area contributed by atoms with Crippen molar-refractivity contribution in [3.63, 3.8) is 0 Å². The molecule has 0 spiro atoms. The van der Waals surface area contributed by atoms with Crippen molar-refractivity contribution in [3.05, 3.63) is 29.1 Å². The van der Waals surface area contributed by atoms with Gasteiger partial charge in [-0.25, -0.2) is 17.6 Å². The van der Waals surface area contributed by atoms with Gasteiger partial charge in [0.25, 0.3) is 0 Å². The van der Waals surface area contributed by atoms with E-state index in [-0.39, 0.29) is 36.3 Å². The maximum atomic E-state index is 13.7. The molecule has 2 rings (SSSR count). The lowest BCUT2D eigenvalue weighted by molar-refractivity contribution is 0.0102. The number of carboxylic acid groups (broad SMARTS) is 1. The van der Waals surface area contributed by atoms with E-state index in [0.29, 0.717) is 0 Å². The number of aromatic carboxylic acids is 1. The van der Waals surface area contributed by atoms with Crippen LogP contribution in [0.5, 0.6) is 0 Å². The first-order valence-corrected chi connectivity index (χ1v) is 7.82. The zero-order valence-corrected chi connectivity index (χ0v) is 12.5. The molecule has 1 unspecified atom stereocenters. The lowest BCUT2D eigenvalue weighted by atomic mass is 10.1. The first kappa shape index (κ1) is 15.9. The molecule has 0 bridgehead atoms. The average molecular weight is 317 g/mol. The summed E-state index contributed by atoms with van der Waals surface area (Å²) in [5.41, 5.74) is -0.662. The van der Waals surface area contributed by atoms with E-state index in [1.54, 1.807) is 6.92 Å². The van der Waals surface area contributed by atoms with Gasteiger partial charge in [0, 0.05) is 13.1 Å². The number of benzene rings is 1. The standard InChI is InChI=1S/C13H16FNO5S/c1-8-5-10(6-11(12(8)14)13(16)17)21(18,19)15-3-4-20-9(2)7-15/h5-6,9H,3-4,7H2,1-2H3,(H,16,17). The topological polar surface area (TPSA) is 83.9 Å². The third-order valence-corrected chi connectivity index (χ3v) is 5.14. The van der Waals surface area contributed by atoms with Crippen molar-refractivity contribution >= 4 is 16.0 Å². The molecule has 0 amide bonds. The minimum atomic E-state index is -3.87. The van der Waals surface area contributed by atoms with E-state index in [1.807, 2.05) is 0 Å². The van der Waals surface area contributed by atoms with E-state index in [2.05, 4.69) is 0 Å². The van der Waals surface area contributed by atoms with Crippen molar-refractivity contribution in [1.82, 2.24) is 4.31 Å². The van der Waals surface area contributed by atoms with Crippen molar-refractivity contribution in [2.45, 2.75) is 24.8 Å². The molecule has 116 valence electrons. The Kier molecular flexibility index (Phi) is 4.31. The highest BCUT2D eigenvalue weighted by atomic mass is 32.2. The molecule has 0 radical (unpaired) electrons. The Bertz CT molecular complexity index is 673. The predicted molar refractivity (Wildman–Crippen MR) is 72.3 cm³/mol. The molecule has 6 nitrogen and oxygen atoms in total. The van der Waals surface area contributed by atoms with Crippen LogP contribution in [-0.2, 0) is 14.8 Å². The highest BCUT2D eigenvalue weighted by Crippen LogP contribution is 2.23. The zero-order chi connectivity index (χ0) is 15.8. The highest BCUT2D eigenvalue weighted by Gasteiger charge is 2.30. The van der Waals surface area contributed by atoms with Crippen LogP contribution in [0.25, 0.3) is 0 Å². The maximum Gasteiger partial charge on any atom is 0.338 e. The molecule has 0 saturated carbocycles. The summed E-state index contributed by atoms with van der Waals surface area (Å²) < 4.78 is 45.3. The minimum Gasteiger partial charge on any atom is -0.478 e. The first-order chi connectivity index (χ1) is 9.73. The Morgan fingerprint density at radius 3 is 2.71 bits per heavy atom. The molecular weight excluding hydrogens is 301 g/mol. The molecule has 1 atom stereocenters. The molecule has 0 aliphatic carbocycles. The molecule has 1 fully saturated rings. The number of carboxylic acids is 1. The fraction of sp³-hybridized carbons (Fsp3) is 0.462. The summed E-state index contributed by atoms with van der Waals surface area (Å²) in [6.07, 6.45) is -0.242. The van der Waals surface area contributed by atoms with Gasteiger partial charge in [-0.05, 0) is 31.5 Å². The lowest BCUT2D eigenvalue weighted by Gasteiger charge is -2.30. The van der Waals surface area contributed by atoms with Gasteiger partial charge in [-0.15, -0.1) is 0 Å². The maximum absolute atomic E-state index is 13.7. The SMILES string of the molecule is Cc1cc(S(=O)(=O)N2CCOC(C)C2)cc(C(=O)O)c1F. The summed E-state index contributed by atoms with van der Waals surface area (Å²) >= 11 is 0. The molecule has 0 aromatic heterocycles. The second kappa shape index (κ2) is 5.70. The van der Waals surface area contributed by atoms with Crippen LogP contribution in [0.15, 0.2) is 17.0 Å². The Morgan fingerprint density at radius 1 is 1.48 bits per heavy atom. The number of morpholine rings is 1. The Labute approximate surface area is 122 Å². The number of carbonyl (C=O) groups is 1. The number of hydrogen-bond acceptors (Lipinski definition) is 4. The van der Waals surface area contributed by atoms with Crippen LogP contribution >= 0.6 is 0 Å². The summed E-state index contributed by atoms with van der Waals surface area (Å²) in [5.74, 6) is -2.42. The largest absolute Gasteiger partial charge is 0.478 e. The van der Waals surface area contributed by atoms with Crippen LogP contribution in [-0.4, -0.2) is 49.6 Å². The zero-order valence-electron chi connectivity index (χ0n) is 11.7. The number of hydrogen-bond donors (Lipinski definition) is 1. The number of rotatable bonds is 3. The summed E-state index contributed by atoms with van der Waals surface area (Å²) in [7, 11) is -3.87. The number of aryl methyl sites for hydroxylation is 1. The van der Waals surface area contributed by atoms with Gasteiger partial charge in [0.05, 0.1) is 23.2 Å². The molecule has 1 aliphatic heterocycles. The summed E-state index contributed by atoms with van der Waals surface area (Å²) in [6.45, 7) is 3.72. The van der Waals surface area contributed by atoms with Crippen LogP contribution in [0, 0.1) is 12.7 Å². The van der Waals surface area contributed by atoms with Crippen LogP contribution in [0.2, 0.25) is 0 Å². The molecule has 1 aromatic carbocycles. The Hall–Kier alpha value is -1.51. The van der Waals surface area contributed by atoms with E-state index in [9.17, 15) is 17.6 Å². The van der Waals surface area contributed by atoms with E-state index < -0.39 is 27.4 Å². The quantitative estimate of drug-likeness (QED) is 0.907. The average Bonchev–Trinajstić information content (AvgIpc) is 2.41. The van der Waals surface area contributed by atoms with Crippen molar-refractivity contribution in [2.75, 3.05) is 19.7 Å². The molecule has 8 heteroatoms. The van der Waals surface area contributed by atoms with Crippen molar-refractivity contribution in [3.8, 4) is 0 Å². The summed E-state index contributed by atoms with van der Waals surface area (Å²) in [6, 6.07) is 2.01. The van der Waals surface area contributed by atoms with Gasteiger partial charge in [0.15, 0.2) is 0 Å². The third-order valence-electron chi connectivity index (χ3n) is 3.30. The second-order valence-corrected chi connectivity index (χ2v) is 6.89. The number of nitrogens with zero attached hydrogens (tertiary/aromatic N) is 1. The molecule has 1 aromatic rings. The number of halogens is 1. The third kappa shape index (κ3) is 3.07. The normalized spacial score (nSPS) is 20.4. The van der Waals surface area contributed by atoms with Crippen LogP contribution in [0.3, 0.4) is 0 Å². The van der Waals surface area contributed by atoms with Crippen molar-refractivity contribution in [1.29, 1.82) is 0 Å². The van der Waals surface area contributed by atoms with Crippen LogP contribution in [0.1, 0.15) is 22.8 Å². The van der Waals surface area contributed by atoms with Gasteiger partial charge in [-0.2, -0.15) is 4.31 Å². The first-order valence-electron chi connectivity index (χ1n) is 6.38. The smallest absolute Gasteiger partial charge is 0.338 e. The van der Waals surface area contributed by atoms with E-state index in [0.717, 1.165) is 12.1 Å². The molecule has 1 aliphatic rings. The number of ether oxygens (including phenoxy) is 1. The molecule has 1 N–H and O–H groups in total. The Morgan fingerprint density at radius 2 is 2.14 bits per heavy atom. The van der Waals surface area contributed by atoms with E-state index >= 15 is 0 Å². The molecule has 1 heterocycles. The molecule has 21 heavy (non-hydrogen) atoms. The number of sulfonamides is 1. The molecule has 1 saturated heterocycles. The van der Waals surface area contributed by atoms with Crippen LogP contribution in [0.4, 0.5) is 4.39 Å². The van der Waals surface area contributed by atoms with Gasteiger partial charge < -0.3 is 9.84 Å². The fourth-order valence-electron chi connectivity index (χ4n) is 2.19. The molecular formula is C13H16FNO5S.